The van der Waals surface area contributed by atoms with E-state index in [1.165, 1.54) is 11.8 Å². The number of hydrogen-bond donors (Lipinski definition) is 1. The van der Waals surface area contributed by atoms with E-state index in [4.69, 9.17) is 0 Å². The number of nitrogens with zero attached hydrogens (tertiary/aromatic N) is 1. The van der Waals surface area contributed by atoms with E-state index in [1.807, 2.05) is 0 Å². The van der Waals surface area contributed by atoms with Crippen molar-refractivity contribution in [2.24, 2.45) is 35.5 Å². The average molecular weight is 378 g/mol. The standard InChI is InChI=1S/C22H22N2O4/c1-10(20(26)23-13-5-3-12(4-6-13)11(2)25)24-21(27)18-14-7-8-15(17-9-16(14)17)19(18)22(24)28/h3-8,10,14-19H,9H2,1-2H3,(H,23,26)/t10-,14-,15+,16-,17+,18+,19-/m0/s1. The maximum absolute atomic E-state index is 13.1. The van der Waals surface area contributed by atoms with Gasteiger partial charge in [-0.15, -0.1) is 0 Å². The van der Waals surface area contributed by atoms with E-state index >= 15 is 0 Å². The fourth-order valence-corrected chi connectivity index (χ4v) is 5.51. The third kappa shape index (κ3) is 2.33. The number of allylic oxidation sites excluding steroid dienone is 2. The van der Waals surface area contributed by atoms with Crippen LogP contribution in [0.2, 0.25) is 0 Å². The van der Waals surface area contributed by atoms with Crippen molar-refractivity contribution < 1.29 is 19.2 Å². The molecule has 0 radical (unpaired) electrons. The highest BCUT2D eigenvalue weighted by Gasteiger charge is 2.67. The summed E-state index contributed by atoms with van der Waals surface area (Å²) in [5.41, 5.74) is 1.09. The Labute approximate surface area is 163 Å². The van der Waals surface area contributed by atoms with Gasteiger partial charge in [-0.1, -0.05) is 12.2 Å². The van der Waals surface area contributed by atoms with Crippen molar-refractivity contribution in [1.82, 2.24) is 4.90 Å². The molecule has 5 aliphatic rings. The zero-order valence-corrected chi connectivity index (χ0v) is 15.8. The molecule has 0 unspecified atom stereocenters. The van der Waals surface area contributed by atoms with Gasteiger partial charge in [-0.2, -0.15) is 0 Å². The second-order valence-corrected chi connectivity index (χ2v) is 8.50. The summed E-state index contributed by atoms with van der Waals surface area (Å²) in [6.45, 7) is 3.08. The van der Waals surface area contributed by atoms with Gasteiger partial charge in [-0.3, -0.25) is 24.1 Å². The zero-order chi connectivity index (χ0) is 19.7. The number of amides is 3. The van der Waals surface area contributed by atoms with Crippen molar-refractivity contribution >= 4 is 29.2 Å². The normalized spacial score (nSPS) is 35.4. The van der Waals surface area contributed by atoms with Crippen molar-refractivity contribution in [3.63, 3.8) is 0 Å². The predicted molar refractivity (Wildman–Crippen MR) is 101 cm³/mol. The molecular formula is C22H22N2O4. The summed E-state index contributed by atoms with van der Waals surface area (Å²) in [5.74, 6) is -0.0681. The van der Waals surface area contributed by atoms with Crippen molar-refractivity contribution in [3.8, 4) is 0 Å². The Kier molecular flexibility index (Phi) is 3.63. The molecule has 1 aliphatic heterocycles. The van der Waals surface area contributed by atoms with Gasteiger partial charge in [0.1, 0.15) is 6.04 Å². The average Bonchev–Trinajstić information content (AvgIpc) is 3.45. The van der Waals surface area contributed by atoms with E-state index in [0.29, 0.717) is 23.1 Å². The summed E-state index contributed by atoms with van der Waals surface area (Å²) in [5, 5.41) is 2.75. The summed E-state index contributed by atoms with van der Waals surface area (Å²) >= 11 is 0. The Morgan fingerprint density at radius 3 is 2.04 bits per heavy atom. The van der Waals surface area contributed by atoms with Crippen LogP contribution in [0.15, 0.2) is 36.4 Å². The molecule has 6 heteroatoms. The van der Waals surface area contributed by atoms with Crippen LogP contribution in [-0.4, -0.2) is 34.4 Å². The van der Waals surface area contributed by atoms with Crippen LogP contribution in [0.5, 0.6) is 0 Å². The van der Waals surface area contributed by atoms with Crippen LogP contribution in [0.3, 0.4) is 0 Å². The fourth-order valence-electron chi connectivity index (χ4n) is 5.51. The van der Waals surface area contributed by atoms with Crippen LogP contribution in [0.1, 0.15) is 30.6 Å². The topological polar surface area (TPSA) is 83.6 Å². The number of ketones is 1. The monoisotopic (exact) mass is 378 g/mol. The number of rotatable bonds is 4. The van der Waals surface area contributed by atoms with E-state index in [0.717, 1.165) is 6.42 Å². The van der Waals surface area contributed by atoms with Gasteiger partial charge in [0.2, 0.25) is 17.7 Å². The maximum atomic E-state index is 13.1. The highest BCUT2D eigenvalue weighted by molar-refractivity contribution is 6.10. The molecule has 7 atom stereocenters. The lowest BCUT2D eigenvalue weighted by atomic mass is 9.63. The molecule has 1 N–H and O–H groups in total. The third-order valence-corrected chi connectivity index (χ3v) is 7.02. The molecule has 6 rings (SSSR count). The lowest BCUT2D eigenvalue weighted by molar-refractivity contribution is -0.146. The third-order valence-electron chi connectivity index (χ3n) is 7.02. The fraction of sp³-hybridized carbons (Fsp3) is 0.455. The number of hydrogen-bond acceptors (Lipinski definition) is 4. The van der Waals surface area contributed by atoms with Crippen molar-refractivity contribution in [1.29, 1.82) is 0 Å². The molecule has 4 aliphatic carbocycles. The molecule has 1 aromatic rings. The van der Waals surface area contributed by atoms with Crippen LogP contribution in [0, 0.1) is 35.5 Å². The van der Waals surface area contributed by atoms with Crippen molar-refractivity contribution in [2.75, 3.05) is 5.32 Å². The number of likely N-dealkylation sites (tertiary alicyclic amines) is 1. The summed E-state index contributed by atoms with van der Waals surface area (Å²) < 4.78 is 0. The van der Waals surface area contributed by atoms with Gasteiger partial charge in [0.15, 0.2) is 5.78 Å². The molecule has 6 nitrogen and oxygen atoms in total. The Morgan fingerprint density at radius 2 is 1.54 bits per heavy atom. The molecule has 3 fully saturated rings. The minimum Gasteiger partial charge on any atom is -0.324 e. The van der Waals surface area contributed by atoms with Crippen LogP contribution < -0.4 is 5.32 Å². The number of carbonyl (C=O) groups is 4. The molecule has 2 saturated carbocycles. The van der Waals surface area contributed by atoms with Crippen molar-refractivity contribution in [3.05, 3.63) is 42.0 Å². The van der Waals surface area contributed by atoms with E-state index in [1.54, 1.807) is 31.2 Å². The van der Waals surface area contributed by atoms with Gasteiger partial charge in [-0.25, -0.2) is 0 Å². The van der Waals surface area contributed by atoms with Gasteiger partial charge in [0, 0.05) is 11.3 Å². The van der Waals surface area contributed by atoms with Gasteiger partial charge in [0.05, 0.1) is 11.8 Å². The quantitative estimate of drug-likeness (QED) is 0.495. The number of imide groups is 1. The number of nitrogens with one attached hydrogen (secondary N) is 1. The number of benzene rings is 1. The first-order chi connectivity index (χ1) is 13.4. The van der Waals surface area contributed by atoms with Crippen LogP contribution in [-0.2, 0) is 14.4 Å². The van der Waals surface area contributed by atoms with Crippen LogP contribution >= 0.6 is 0 Å². The first kappa shape index (κ1) is 17.3. The molecule has 1 aromatic carbocycles. The summed E-state index contributed by atoms with van der Waals surface area (Å²) in [6.07, 6.45) is 5.36. The Hall–Kier alpha value is -2.76. The summed E-state index contributed by atoms with van der Waals surface area (Å²) in [4.78, 5) is 51.4. The van der Waals surface area contributed by atoms with E-state index in [-0.39, 0.29) is 41.3 Å². The summed E-state index contributed by atoms with van der Waals surface area (Å²) in [7, 11) is 0. The first-order valence-electron chi connectivity index (χ1n) is 9.85. The van der Waals surface area contributed by atoms with Crippen LogP contribution in [0.4, 0.5) is 5.69 Å². The lowest BCUT2D eigenvalue weighted by Crippen LogP contribution is -2.46. The zero-order valence-electron chi connectivity index (χ0n) is 15.8. The molecule has 1 saturated heterocycles. The van der Waals surface area contributed by atoms with Gasteiger partial charge in [0.25, 0.3) is 0 Å². The Balaban J connectivity index is 1.33. The lowest BCUT2D eigenvalue weighted by Gasteiger charge is -2.37. The molecule has 3 amide bonds. The highest BCUT2D eigenvalue weighted by atomic mass is 16.2. The molecule has 144 valence electrons. The number of anilines is 1. The predicted octanol–water partition coefficient (Wildman–Crippen LogP) is 2.27. The molecule has 0 spiro atoms. The van der Waals surface area contributed by atoms with E-state index < -0.39 is 11.9 Å². The van der Waals surface area contributed by atoms with Gasteiger partial charge >= 0.3 is 0 Å². The SMILES string of the molecule is CC(=O)c1ccc(NC(=O)[C@H](C)N2C(=O)[C@@H]3[C@H]4C=C[C@H]([C@H]5C[C@@H]45)[C@@H]3C2=O)cc1. The van der Waals surface area contributed by atoms with E-state index in [9.17, 15) is 19.2 Å². The van der Waals surface area contributed by atoms with Crippen molar-refractivity contribution in [2.45, 2.75) is 26.3 Å². The minimum atomic E-state index is -0.867. The van der Waals surface area contributed by atoms with Gasteiger partial charge in [-0.05, 0) is 68.2 Å². The first-order valence-corrected chi connectivity index (χ1v) is 9.85. The smallest absolute Gasteiger partial charge is 0.247 e. The number of carbonyl (C=O) groups excluding carboxylic acids is 4. The van der Waals surface area contributed by atoms with Crippen LogP contribution in [0.25, 0.3) is 0 Å². The number of Topliss-reactive ketones (excluding diaryl/α,β-unsaturated/α-hetero) is 1. The maximum Gasteiger partial charge on any atom is 0.247 e. The Bertz CT molecular complexity index is 898. The molecule has 0 aromatic heterocycles. The largest absolute Gasteiger partial charge is 0.324 e. The molecule has 28 heavy (non-hydrogen) atoms. The minimum absolute atomic E-state index is 0.0524. The molecule has 2 bridgehead atoms. The highest BCUT2D eigenvalue weighted by Crippen LogP contribution is 2.65. The second-order valence-electron chi connectivity index (χ2n) is 8.50. The Morgan fingerprint density at radius 1 is 1.00 bits per heavy atom. The molecule has 1 heterocycles. The second kappa shape index (κ2) is 5.87. The van der Waals surface area contributed by atoms with Gasteiger partial charge < -0.3 is 5.32 Å². The summed E-state index contributed by atoms with van der Waals surface area (Å²) in [6, 6.07) is 5.70. The van der Waals surface area contributed by atoms with E-state index in [2.05, 4.69) is 17.5 Å². The molecular weight excluding hydrogens is 356 g/mol.